The summed E-state index contributed by atoms with van der Waals surface area (Å²) < 4.78 is 11.0. The van der Waals surface area contributed by atoms with Gasteiger partial charge in [-0.05, 0) is 36.8 Å². The molecule has 3 rings (SSSR count). The highest BCUT2D eigenvalue weighted by Gasteiger charge is 2.16. The third-order valence-corrected chi connectivity index (χ3v) is 4.12. The Morgan fingerprint density at radius 2 is 1.85 bits per heavy atom. The first kappa shape index (κ1) is 18.0. The van der Waals surface area contributed by atoms with Crippen LogP contribution in [0.25, 0.3) is 6.08 Å². The number of anilines is 1. The van der Waals surface area contributed by atoms with Crippen LogP contribution in [0.1, 0.15) is 37.7 Å². The molecule has 0 saturated carbocycles. The summed E-state index contributed by atoms with van der Waals surface area (Å²) in [6, 6.07) is 9.37. The summed E-state index contributed by atoms with van der Waals surface area (Å²) in [7, 11) is 0. The maximum absolute atomic E-state index is 12.2. The summed E-state index contributed by atoms with van der Waals surface area (Å²) in [5.74, 6) is 1.14. The number of aryl methyl sites for hydroxylation is 1. The molecular weight excluding hydrogens is 328 g/mol. The summed E-state index contributed by atoms with van der Waals surface area (Å²) in [6.45, 7) is 9.40. The minimum atomic E-state index is -0.207. The van der Waals surface area contributed by atoms with Gasteiger partial charge in [-0.1, -0.05) is 26.8 Å². The SMILES string of the molecule is Cc1nc(C(C)(C)C)ccc1/C=C/C(=O)Nc1ccc2c(c1)OCCO2. The fraction of sp³-hybridized carbons (Fsp3) is 0.333. The van der Waals surface area contributed by atoms with Gasteiger partial charge in [0, 0.05) is 34.6 Å². The van der Waals surface area contributed by atoms with Gasteiger partial charge < -0.3 is 14.8 Å². The second-order valence-electron chi connectivity index (χ2n) is 7.30. The van der Waals surface area contributed by atoms with Crippen LogP contribution in [0, 0.1) is 6.92 Å². The van der Waals surface area contributed by atoms with Crippen molar-refractivity contribution in [3.05, 3.63) is 53.4 Å². The third kappa shape index (κ3) is 4.23. The van der Waals surface area contributed by atoms with E-state index in [9.17, 15) is 4.79 Å². The fourth-order valence-corrected chi connectivity index (χ4v) is 2.64. The Labute approximate surface area is 154 Å². The Hall–Kier alpha value is -2.82. The zero-order chi connectivity index (χ0) is 18.7. The third-order valence-electron chi connectivity index (χ3n) is 4.12. The van der Waals surface area contributed by atoms with E-state index in [1.807, 2.05) is 19.1 Å². The Bertz CT molecular complexity index is 851. The first-order valence-electron chi connectivity index (χ1n) is 8.70. The van der Waals surface area contributed by atoms with E-state index in [4.69, 9.17) is 9.47 Å². The second-order valence-corrected chi connectivity index (χ2v) is 7.30. The Kier molecular flexibility index (Phi) is 4.98. The zero-order valence-electron chi connectivity index (χ0n) is 15.6. The molecule has 0 saturated heterocycles. The minimum Gasteiger partial charge on any atom is -0.486 e. The molecule has 0 bridgehead atoms. The molecule has 0 atom stereocenters. The lowest BCUT2D eigenvalue weighted by Gasteiger charge is -2.19. The van der Waals surface area contributed by atoms with Crippen molar-refractivity contribution in [3.63, 3.8) is 0 Å². The van der Waals surface area contributed by atoms with Gasteiger partial charge in [0.25, 0.3) is 0 Å². The van der Waals surface area contributed by atoms with Crippen molar-refractivity contribution in [1.82, 2.24) is 4.98 Å². The summed E-state index contributed by atoms with van der Waals surface area (Å²) in [5.41, 5.74) is 3.54. The number of ether oxygens (including phenoxy) is 2. The van der Waals surface area contributed by atoms with Crippen LogP contribution in [0.5, 0.6) is 11.5 Å². The van der Waals surface area contributed by atoms with E-state index in [2.05, 4.69) is 31.1 Å². The van der Waals surface area contributed by atoms with Crippen molar-refractivity contribution in [1.29, 1.82) is 0 Å². The number of amides is 1. The molecule has 0 aliphatic carbocycles. The van der Waals surface area contributed by atoms with E-state index < -0.39 is 0 Å². The van der Waals surface area contributed by atoms with Crippen molar-refractivity contribution < 1.29 is 14.3 Å². The molecule has 0 radical (unpaired) electrons. The van der Waals surface area contributed by atoms with Crippen molar-refractivity contribution in [3.8, 4) is 11.5 Å². The number of hydrogen-bond donors (Lipinski definition) is 1. The van der Waals surface area contributed by atoms with Gasteiger partial charge in [-0.15, -0.1) is 0 Å². The zero-order valence-corrected chi connectivity index (χ0v) is 15.6. The van der Waals surface area contributed by atoms with Crippen molar-refractivity contribution >= 4 is 17.7 Å². The van der Waals surface area contributed by atoms with Gasteiger partial charge in [0.2, 0.25) is 5.91 Å². The lowest BCUT2D eigenvalue weighted by atomic mass is 9.91. The van der Waals surface area contributed by atoms with E-state index in [0.717, 1.165) is 17.0 Å². The molecule has 5 heteroatoms. The van der Waals surface area contributed by atoms with E-state index >= 15 is 0 Å². The Morgan fingerprint density at radius 3 is 2.54 bits per heavy atom. The average molecular weight is 352 g/mol. The molecule has 26 heavy (non-hydrogen) atoms. The van der Waals surface area contributed by atoms with Crippen LogP contribution >= 0.6 is 0 Å². The fourth-order valence-electron chi connectivity index (χ4n) is 2.64. The quantitative estimate of drug-likeness (QED) is 0.845. The molecule has 0 fully saturated rings. The second kappa shape index (κ2) is 7.20. The van der Waals surface area contributed by atoms with Crippen LogP contribution in [-0.4, -0.2) is 24.1 Å². The normalized spacial score (nSPS) is 13.7. The van der Waals surface area contributed by atoms with E-state index in [0.29, 0.717) is 30.4 Å². The van der Waals surface area contributed by atoms with Crippen LogP contribution in [0.15, 0.2) is 36.4 Å². The summed E-state index contributed by atoms with van der Waals surface area (Å²) in [4.78, 5) is 16.8. The number of carbonyl (C=O) groups excluding carboxylic acids is 1. The number of rotatable bonds is 3. The lowest BCUT2D eigenvalue weighted by Crippen LogP contribution is -2.16. The molecular formula is C21H24N2O3. The van der Waals surface area contributed by atoms with Crippen LogP contribution in [-0.2, 0) is 10.2 Å². The first-order chi connectivity index (χ1) is 12.3. The number of benzene rings is 1. The molecule has 1 aliphatic heterocycles. The summed E-state index contributed by atoms with van der Waals surface area (Å²) >= 11 is 0. The van der Waals surface area contributed by atoms with Gasteiger partial charge in [-0.25, -0.2) is 0 Å². The standard InChI is InChI=1S/C21H24N2O3/c1-14-15(5-9-19(22-14)21(2,3)4)6-10-20(24)23-16-7-8-17-18(13-16)26-12-11-25-17/h5-10,13H,11-12H2,1-4H3,(H,23,24)/b10-6+. The molecule has 136 valence electrons. The Balaban J connectivity index is 1.68. The highest BCUT2D eigenvalue weighted by molar-refractivity contribution is 6.02. The van der Waals surface area contributed by atoms with Crippen LogP contribution in [0.4, 0.5) is 5.69 Å². The maximum atomic E-state index is 12.2. The highest BCUT2D eigenvalue weighted by Crippen LogP contribution is 2.32. The minimum absolute atomic E-state index is 0.00259. The highest BCUT2D eigenvalue weighted by atomic mass is 16.6. The molecule has 2 aromatic rings. The number of aromatic nitrogens is 1. The van der Waals surface area contributed by atoms with E-state index in [-0.39, 0.29) is 11.3 Å². The molecule has 1 aromatic heterocycles. The number of nitrogens with one attached hydrogen (secondary N) is 1. The average Bonchev–Trinajstić information content (AvgIpc) is 2.59. The van der Waals surface area contributed by atoms with Gasteiger partial charge in [0.05, 0.1) is 0 Å². The molecule has 1 amide bonds. The molecule has 1 aromatic carbocycles. The number of carbonyl (C=O) groups is 1. The monoisotopic (exact) mass is 352 g/mol. The predicted molar refractivity (Wildman–Crippen MR) is 103 cm³/mol. The number of nitrogens with zero attached hydrogens (tertiary/aromatic N) is 1. The van der Waals surface area contributed by atoms with Gasteiger partial charge in [0.15, 0.2) is 11.5 Å². The predicted octanol–water partition coefficient (Wildman–Crippen LogP) is 4.11. The topological polar surface area (TPSA) is 60.5 Å². The summed E-state index contributed by atoms with van der Waals surface area (Å²) in [6.07, 6.45) is 3.29. The van der Waals surface area contributed by atoms with E-state index in [1.54, 1.807) is 24.3 Å². The van der Waals surface area contributed by atoms with Crippen molar-refractivity contribution in [2.45, 2.75) is 33.1 Å². The number of hydrogen-bond acceptors (Lipinski definition) is 4. The van der Waals surface area contributed by atoms with Gasteiger partial charge >= 0.3 is 0 Å². The summed E-state index contributed by atoms with van der Waals surface area (Å²) in [5, 5.41) is 2.84. The van der Waals surface area contributed by atoms with Gasteiger partial charge in [0.1, 0.15) is 13.2 Å². The lowest BCUT2D eigenvalue weighted by molar-refractivity contribution is -0.111. The Morgan fingerprint density at radius 1 is 1.12 bits per heavy atom. The molecule has 0 spiro atoms. The maximum Gasteiger partial charge on any atom is 0.248 e. The smallest absolute Gasteiger partial charge is 0.248 e. The largest absolute Gasteiger partial charge is 0.486 e. The number of fused-ring (bicyclic) bond motifs is 1. The van der Waals surface area contributed by atoms with Gasteiger partial charge in [-0.3, -0.25) is 9.78 Å². The molecule has 2 heterocycles. The van der Waals surface area contributed by atoms with Crippen LogP contribution < -0.4 is 14.8 Å². The van der Waals surface area contributed by atoms with Crippen molar-refractivity contribution in [2.24, 2.45) is 0 Å². The molecule has 1 N–H and O–H groups in total. The molecule has 1 aliphatic rings. The molecule has 5 nitrogen and oxygen atoms in total. The first-order valence-corrected chi connectivity index (χ1v) is 8.70. The number of pyridine rings is 1. The van der Waals surface area contributed by atoms with Crippen LogP contribution in [0.2, 0.25) is 0 Å². The molecule has 0 unspecified atom stereocenters. The van der Waals surface area contributed by atoms with E-state index in [1.165, 1.54) is 6.08 Å². The van der Waals surface area contributed by atoms with Crippen LogP contribution in [0.3, 0.4) is 0 Å². The van der Waals surface area contributed by atoms with Crippen molar-refractivity contribution in [2.75, 3.05) is 18.5 Å². The van der Waals surface area contributed by atoms with Gasteiger partial charge in [-0.2, -0.15) is 0 Å².